The Labute approximate surface area is 73.8 Å². The summed E-state index contributed by atoms with van der Waals surface area (Å²) < 4.78 is 2.02. The molecule has 0 radical (unpaired) electrons. The van der Waals surface area contributed by atoms with Gasteiger partial charge in [0.1, 0.15) is 0 Å². The van der Waals surface area contributed by atoms with Crippen molar-refractivity contribution in [3.05, 3.63) is 11.9 Å². The van der Waals surface area contributed by atoms with Crippen molar-refractivity contribution in [3.8, 4) is 0 Å². The Morgan fingerprint density at radius 2 is 2.17 bits per heavy atom. The van der Waals surface area contributed by atoms with E-state index < -0.39 is 0 Å². The van der Waals surface area contributed by atoms with Gasteiger partial charge in [-0.05, 0) is 12.8 Å². The second kappa shape index (κ2) is 4.91. The summed E-state index contributed by atoms with van der Waals surface area (Å²) in [6.45, 7) is 5.39. The highest BCUT2D eigenvalue weighted by molar-refractivity contribution is 4.93. The molecule has 3 nitrogen and oxygen atoms in total. The molecule has 1 aromatic rings. The summed E-state index contributed by atoms with van der Waals surface area (Å²) in [6.07, 6.45) is 6.54. The molecule has 0 N–H and O–H groups in total. The van der Waals surface area contributed by atoms with Crippen LogP contribution in [0.2, 0.25) is 0 Å². The lowest BCUT2D eigenvalue weighted by Gasteiger charge is -2.02. The van der Waals surface area contributed by atoms with Gasteiger partial charge in [0.2, 0.25) is 0 Å². The number of rotatable bonds is 5. The van der Waals surface area contributed by atoms with Gasteiger partial charge in [0, 0.05) is 6.54 Å². The Hall–Kier alpha value is -0.860. The molecule has 0 fully saturated rings. The van der Waals surface area contributed by atoms with E-state index in [0.717, 1.165) is 13.0 Å². The summed E-state index contributed by atoms with van der Waals surface area (Å²) in [5.74, 6) is 0. The van der Waals surface area contributed by atoms with Crippen LogP contribution < -0.4 is 0 Å². The zero-order valence-electron chi connectivity index (χ0n) is 7.95. The largest absolute Gasteiger partial charge is 0.249 e. The fraction of sp³-hybridized carbons (Fsp3) is 0.778. The fourth-order valence-corrected chi connectivity index (χ4v) is 1.22. The van der Waals surface area contributed by atoms with Crippen molar-refractivity contribution in [1.29, 1.82) is 0 Å². The highest BCUT2D eigenvalue weighted by Gasteiger charge is 2.00. The van der Waals surface area contributed by atoms with Crippen LogP contribution in [-0.2, 0) is 13.0 Å². The van der Waals surface area contributed by atoms with Crippen molar-refractivity contribution < 1.29 is 0 Å². The van der Waals surface area contributed by atoms with E-state index in [1.807, 2.05) is 10.9 Å². The number of aromatic nitrogens is 3. The third kappa shape index (κ3) is 2.32. The summed E-state index contributed by atoms with van der Waals surface area (Å²) in [5, 5.41) is 7.95. The molecule has 12 heavy (non-hydrogen) atoms. The van der Waals surface area contributed by atoms with Crippen LogP contribution in [0.3, 0.4) is 0 Å². The SMILES string of the molecule is CCCCn1nncc1CCC. The third-order valence-corrected chi connectivity index (χ3v) is 1.93. The van der Waals surface area contributed by atoms with E-state index in [2.05, 4.69) is 24.2 Å². The predicted molar refractivity (Wildman–Crippen MR) is 48.9 cm³/mol. The molecule has 1 rings (SSSR count). The molecule has 1 aromatic heterocycles. The second-order valence-corrected chi connectivity index (χ2v) is 3.05. The smallest absolute Gasteiger partial charge is 0.0725 e. The Kier molecular flexibility index (Phi) is 3.77. The van der Waals surface area contributed by atoms with E-state index in [1.54, 1.807) is 0 Å². The van der Waals surface area contributed by atoms with Gasteiger partial charge in [0.05, 0.1) is 11.9 Å². The maximum absolute atomic E-state index is 4.04. The first-order valence-electron chi connectivity index (χ1n) is 4.75. The van der Waals surface area contributed by atoms with Gasteiger partial charge in [-0.3, -0.25) is 0 Å². The molecular weight excluding hydrogens is 150 g/mol. The van der Waals surface area contributed by atoms with Crippen LogP contribution in [0, 0.1) is 0 Å². The van der Waals surface area contributed by atoms with Gasteiger partial charge in [0.15, 0.2) is 0 Å². The molecule has 0 atom stereocenters. The van der Waals surface area contributed by atoms with E-state index in [1.165, 1.54) is 25.0 Å². The molecule has 0 unspecified atom stereocenters. The molecule has 0 aliphatic carbocycles. The number of hydrogen-bond donors (Lipinski definition) is 0. The first kappa shape index (κ1) is 9.23. The van der Waals surface area contributed by atoms with E-state index in [9.17, 15) is 0 Å². The first-order chi connectivity index (χ1) is 5.88. The van der Waals surface area contributed by atoms with Gasteiger partial charge in [-0.15, -0.1) is 5.10 Å². The quantitative estimate of drug-likeness (QED) is 0.671. The normalized spacial score (nSPS) is 10.5. The monoisotopic (exact) mass is 167 g/mol. The minimum atomic E-state index is 1.02. The average Bonchev–Trinajstić information content (AvgIpc) is 2.50. The molecule has 68 valence electrons. The highest BCUT2D eigenvalue weighted by Crippen LogP contribution is 2.02. The van der Waals surface area contributed by atoms with Gasteiger partial charge in [-0.2, -0.15) is 0 Å². The average molecular weight is 167 g/mol. The van der Waals surface area contributed by atoms with Crippen LogP contribution in [0.25, 0.3) is 0 Å². The van der Waals surface area contributed by atoms with E-state index in [-0.39, 0.29) is 0 Å². The second-order valence-electron chi connectivity index (χ2n) is 3.05. The molecule has 0 saturated heterocycles. The van der Waals surface area contributed by atoms with Crippen LogP contribution in [0.4, 0.5) is 0 Å². The third-order valence-electron chi connectivity index (χ3n) is 1.93. The van der Waals surface area contributed by atoms with Crippen LogP contribution in [-0.4, -0.2) is 15.0 Å². The van der Waals surface area contributed by atoms with Crippen molar-refractivity contribution in [2.75, 3.05) is 0 Å². The van der Waals surface area contributed by atoms with E-state index in [0.29, 0.717) is 0 Å². The van der Waals surface area contributed by atoms with Crippen LogP contribution in [0.15, 0.2) is 6.20 Å². The summed E-state index contributed by atoms with van der Waals surface area (Å²) in [6, 6.07) is 0. The summed E-state index contributed by atoms with van der Waals surface area (Å²) in [4.78, 5) is 0. The number of hydrogen-bond acceptors (Lipinski definition) is 2. The number of aryl methyl sites for hydroxylation is 2. The zero-order valence-corrected chi connectivity index (χ0v) is 7.95. The number of nitrogens with zero attached hydrogens (tertiary/aromatic N) is 3. The lowest BCUT2D eigenvalue weighted by molar-refractivity contribution is 0.531. The lowest BCUT2D eigenvalue weighted by Crippen LogP contribution is -2.04. The van der Waals surface area contributed by atoms with Gasteiger partial charge in [-0.25, -0.2) is 4.68 Å². The Bertz CT molecular complexity index is 217. The first-order valence-corrected chi connectivity index (χ1v) is 4.75. The van der Waals surface area contributed by atoms with Gasteiger partial charge in [0.25, 0.3) is 0 Å². The van der Waals surface area contributed by atoms with Crippen LogP contribution in [0.1, 0.15) is 38.8 Å². The molecule has 0 bridgehead atoms. The van der Waals surface area contributed by atoms with Crippen LogP contribution in [0.5, 0.6) is 0 Å². The minimum absolute atomic E-state index is 1.02. The van der Waals surface area contributed by atoms with Crippen molar-refractivity contribution in [2.24, 2.45) is 0 Å². The topological polar surface area (TPSA) is 30.7 Å². The maximum Gasteiger partial charge on any atom is 0.0725 e. The van der Waals surface area contributed by atoms with E-state index in [4.69, 9.17) is 0 Å². The molecule has 0 saturated carbocycles. The van der Waals surface area contributed by atoms with Gasteiger partial charge in [-0.1, -0.05) is 31.9 Å². The number of unbranched alkanes of at least 4 members (excludes halogenated alkanes) is 1. The maximum atomic E-state index is 4.04. The molecular formula is C9H17N3. The minimum Gasteiger partial charge on any atom is -0.249 e. The van der Waals surface area contributed by atoms with Crippen molar-refractivity contribution in [1.82, 2.24) is 15.0 Å². The van der Waals surface area contributed by atoms with Gasteiger partial charge < -0.3 is 0 Å². The lowest BCUT2D eigenvalue weighted by atomic mass is 10.2. The molecule has 1 heterocycles. The Morgan fingerprint density at radius 1 is 1.33 bits per heavy atom. The van der Waals surface area contributed by atoms with Gasteiger partial charge >= 0.3 is 0 Å². The Morgan fingerprint density at radius 3 is 2.83 bits per heavy atom. The molecule has 0 aliphatic rings. The standard InChI is InChI=1S/C9H17N3/c1-3-5-7-12-9(6-4-2)8-10-11-12/h8H,3-7H2,1-2H3. The molecule has 3 heteroatoms. The highest BCUT2D eigenvalue weighted by atomic mass is 15.4. The predicted octanol–water partition coefficient (Wildman–Crippen LogP) is 2.03. The summed E-state index contributed by atoms with van der Waals surface area (Å²) >= 11 is 0. The summed E-state index contributed by atoms with van der Waals surface area (Å²) in [5.41, 5.74) is 1.27. The zero-order chi connectivity index (χ0) is 8.81. The van der Waals surface area contributed by atoms with Crippen molar-refractivity contribution in [2.45, 2.75) is 46.1 Å². The summed E-state index contributed by atoms with van der Waals surface area (Å²) in [7, 11) is 0. The fourth-order valence-electron chi connectivity index (χ4n) is 1.22. The van der Waals surface area contributed by atoms with Crippen LogP contribution >= 0.6 is 0 Å². The molecule has 0 amide bonds. The molecule has 0 aliphatic heterocycles. The Balaban J connectivity index is 2.51. The molecule has 0 spiro atoms. The van der Waals surface area contributed by atoms with Crippen molar-refractivity contribution in [3.63, 3.8) is 0 Å². The van der Waals surface area contributed by atoms with Crippen molar-refractivity contribution >= 4 is 0 Å². The van der Waals surface area contributed by atoms with E-state index >= 15 is 0 Å². The molecule has 0 aromatic carbocycles.